The van der Waals surface area contributed by atoms with Gasteiger partial charge >= 0.3 is 5.97 Å². The molecule has 0 radical (unpaired) electrons. The molecule has 67 heavy (non-hydrogen) atoms. The molecule has 6 aromatic carbocycles. The molecule has 24 heteroatoms. The molecule has 0 atom stereocenters. The molecule has 0 spiro atoms. The van der Waals surface area contributed by atoms with E-state index in [0.717, 1.165) is 16.3 Å². The second kappa shape index (κ2) is 18.1. The number of hydrogen-bond acceptors (Lipinski definition) is 1. The summed E-state index contributed by atoms with van der Waals surface area (Å²) in [7, 11) is 0. The smallest absolute Gasteiger partial charge is 0.341 e. The third kappa shape index (κ3) is 7.66. The SMILES string of the molecule is C=C(C(=O)O)c1c2ccccc2cc[n+]1Cc1ccccc1.Fc1c(F)c(F)c([B-](c2c(F)c(F)c(F)c(F)c2F)(c2c(F)c(F)c(F)c(F)c2F)c2c(F)c(F)c(F)c(F)c2F)c(F)c1F. The number of fused-ring (bicyclic) bond motifs is 1. The highest BCUT2D eigenvalue weighted by Gasteiger charge is 2.52. The van der Waals surface area contributed by atoms with Crippen molar-refractivity contribution < 1.29 is 102 Å². The Morgan fingerprint density at radius 2 is 0.701 bits per heavy atom. The quantitative estimate of drug-likeness (QED) is 0.0413. The molecule has 0 aliphatic carbocycles. The van der Waals surface area contributed by atoms with E-state index in [2.05, 4.69) is 6.58 Å². The fourth-order valence-electron chi connectivity index (χ4n) is 7.48. The maximum atomic E-state index is 15.4. The van der Waals surface area contributed by atoms with Crippen LogP contribution in [0.1, 0.15) is 11.3 Å². The number of nitrogens with zero attached hydrogens (tertiary/aromatic N) is 1. The summed E-state index contributed by atoms with van der Waals surface area (Å²) in [4.78, 5) is 11.4. The first kappa shape index (κ1) is 49.0. The molecule has 0 unspecified atom stereocenters. The van der Waals surface area contributed by atoms with E-state index in [4.69, 9.17) is 0 Å². The Bertz CT molecular complexity index is 2840. The lowest BCUT2D eigenvalue weighted by Crippen LogP contribution is -2.81. The van der Waals surface area contributed by atoms with Crippen LogP contribution in [0.4, 0.5) is 87.8 Å². The van der Waals surface area contributed by atoms with Crippen LogP contribution in [0.5, 0.6) is 0 Å². The van der Waals surface area contributed by atoms with E-state index in [1.54, 1.807) is 0 Å². The van der Waals surface area contributed by atoms with Gasteiger partial charge in [-0.15, -0.1) is 21.9 Å². The number of carboxylic acids is 1. The molecule has 7 rings (SSSR count). The zero-order valence-electron chi connectivity index (χ0n) is 32.2. The Kier molecular flexibility index (Phi) is 13.3. The molecule has 0 aliphatic heterocycles. The van der Waals surface area contributed by atoms with Crippen LogP contribution < -0.4 is 26.4 Å². The van der Waals surface area contributed by atoms with E-state index in [0.29, 0.717) is 12.2 Å². The molecule has 1 N–H and O–H groups in total. The van der Waals surface area contributed by atoms with Gasteiger partial charge in [-0.3, -0.25) is 0 Å². The third-order valence-electron chi connectivity index (χ3n) is 10.4. The van der Waals surface area contributed by atoms with Gasteiger partial charge in [0.05, 0.1) is 5.39 Å². The molecule has 0 bridgehead atoms. The summed E-state index contributed by atoms with van der Waals surface area (Å²) in [5.41, 5.74) is -12.5. The van der Waals surface area contributed by atoms with Gasteiger partial charge in [-0.25, -0.2) is 92.6 Å². The fourth-order valence-corrected chi connectivity index (χ4v) is 7.48. The molecule has 0 fully saturated rings. The van der Waals surface area contributed by atoms with Gasteiger partial charge in [-0.2, -0.15) is 4.57 Å². The number of pyridine rings is 1. The Hall–Kier alpha value is -7.40. The highest BCUT2D eigenvalue weighted by molar-refractivity contribution is 7.20. The summed E-state index contributed by atoms with van der Waals surface area (Å²) in [6.07, 6.45) is -5.30. The van der Waals surface area contributed by atoms with Crippen molar-refractivity contribution in [3.05, 3.63) is 201 Å². The molecule has 0 aliphatic rings. The highest BCUT2D eigenvalue weighted by Crippen LogP contribution is 2.31. The number of carbonyl (C=O) groups is 1. The van der Waals surface area contributed by atoms with Crippen LogP contribution in [-0.2, 0) is 11.3 Å². The normalized spacial score (nSPS) is 11.5. The monoisotopic (exact) mass is 969 g/mol. The first-order valence-electron chi connectivity index (χ1n) is 18.0. The van der Waals surface area contributed by atoms with Crippen molar-refractivity contribution in [2.45, 2.75) is 6.54 Å². The largest absolute Gasteiger partial charge is 0.477 e. The van der Waals surface area contributed by atoms with Crippen LogP contribution >= 0.6 is 0 Å². The summed E-state index contributed by atoms with van der Waals surface area (Å²) < 4.78 is 296. The maximum Gasteiger partial charge on any atom is 0.341 e. The van der Waals surface area contributed by atoms with Crippen LogP contribution in [0.25, 0.3) is 16.3 Å². The minimum atomic E-state index is -7.22. The number of aromatic nitrogens is 1. The summed E-state index contributed by atoms with van der Waals surface area (Å²) in [5.74, 6) is -72.4. The van der Waals surface area contributed by atoms with E-state index >= 15 is 35.1 Å². The molecule has 0 saturated heterocycles. The fraction of sp³-hybridized carbons (Fsp3) is 0.0233. The Morgan fingerprint density at radius 3 is 1.01 bits per heavy atom. The van der Waals surface area contributed by atoms with Crippen LogP contribution in [-0.4, -0.2) is 17.2 Å². The van der Waals surface area contributed by atoms with Crippen molar-refractivity contribution in [1.29, 1.82) is 0 Å². The van der Waals surface area contributed by atoms with Gasteiger partial charge in [0.2, 0.25) is 5.69 Å². The summed E-state index contributed by atoms with van der Waals surface area (Å²) >= 11 is 0. The molecule has 1 aromatic heterocycles. The zero-order valence-corrected chi connectivity index (χ0v) is 32.2. The molecule has 0 amide bonds. The molecule has 0 saturated carbocycles. The minimum Gasteiger partial charge on any atom is -0.477 e. The highest BCUT2D eigenvalue weighted by atomic mass is 19.2. The van der Waals surface area contributed by atoms with Gasteiger partial charge in [0.15, 0.2) is 82.5 Å². The van der Waals surface area contributed by atoms with E-state index < -0.39 is 150 Å². The standard InChI is InChI=1S/C24BF20.C19H15NO2/c26-5-1(6(27)14(35)21(42)13(5)34)25(2-7(28)15(36)22(43)16(37)8(2)29,3-9(30)17(38)23(44)18(39)10(3)31)4-11(32)19(40)24(45)20(41)12(4)33;1-14(19(21)22)18-17-10-6-5-9-16(17)11-12-20(18)13-15-7-3-2-4-8-15/h;2-12H,1,13H2/q-1;/p+1. The zero-order chi connectivity index (χ0) is 49.9. The van der Waals surface area contributed by atoms with Crippen molar-refractivity contribution in [3.8, 4) is 0 Å². The van der Waals surface area contributed by atoms with Gasteiger partial charge < -0.3 is 5.11 Å². The third-order valence-corrected chi connectivity index (χ3v) is 10.4. The Morgan fingerprint density at radius 1 is 0.418 bits per heavy atom. The molecular weight excluding hydrogens is 953 g/mol. The van der Waals surface area contributed by atoms with Crippen LogP contribution in [0.15, 0.2) is 73.4 Å². The lowest BCUT2D eigenvalue weighted by molar-refractivity contribution is -0.689. The predicted octanol–water partition coefficient (Wildman–Crippen LogP) is 9.12. The van der Waals surface area contributed by atoms with Crippen molar-refractivity contribution in [2.75, 3.05) is 0 Å². The predicted molar refractivity (Wildman–Crippen MR) is 196 cm³/mol. The minimum absolute atomic E-state index is 0.104. The summed E-state index contributed by atoms with van der Waals surface area (Å²) in [6.45, 7) is 4.36. The first-order valence-corrected chi connectivity index (χ1v) is 18.0. The molecular formula is C43H16BF20NO2. The van der Waals surface area contributed by atoms with Crippen LogP contribution in [0.3, 0.4) is 0 Å². The number of hydrogen-bond donors (Lipinski definition) is 1. The average Bonchev–Trinajstić information content (AvgIpc) is 3.31. The van der Waals surface area contributed by atoms with Crippen LogP contribution in [0.2, 0.25) is 0 Å². The summed E-state index contributed by atoms with van der Waals surface area (Å²) in [6, 6.07) is 19.7. The summed E-state index contributed by atoms with van der Waals surface area (Å²) in [5, 5.41) is 11.3. The van der Waals surface area contributed by atoms with Gasteiger partial charge in [-0.05, 0) is 11.5 Å². The lowest BCUT2D eigenvalue weighted by Gasteiger charge is -2.44. The van der Waals surface area contributed by atoms with Gasteiger partial charge in [0.1, 0.15) is 58.3 Å². The topological polar surface area (TPSA) is 41.2 Å². The Labute approximate surface area is 360 Å². The van der Waals surface area contributed by atoms with Crippen LogP contribution in [0, 0.1) is 116 Å². The number of aliphatic carboxylic acids is 1. The molecule has 3 nitrogen and oxygen atoms in total. The molecule has 348 valence electrons. The number of rotatable bonds is 8. The molecule has 7 aromatic rings. The van der Waals surface area contributed by atoms with Crippen molar-refractivity contribution in [1.82, 2.24) is 0 Å². The van der Waals surface area contributed by atoms with Crippen molar-refractivity contribution >= 4 is 50.3 Å². The second-order valence-electron chi connectivity index (χ2n) is 13.9. The van der Waals surface area contributed by atoms with Crippen molar-refractivity contribution in [3.63, 3.8) is 0 Å². The average molecular weight is 969 g/mol. The van der Waals surface area contributed by atoms with E-state index in [1.807, 2.05) is 71.4 Å². The van der Waals surface area contributed by atoms with E-state index in [1.165, 1.54) is 0 Å². The maximum absolute atomic E-state index is 15.4. The number of benzene rings is 6. The van der Waals surface area contributed by atoms with Gasteiger partial charge in [-0.1, -0.05) is 55.1 Å². The van der Waals surface area contributed by atoms with E-state index in [-0.39, 0.29) is 5.57 Å². The van der Waals surface area contributed by atoms with E-state index in [9.17, 15) is 62.6 Å². The Balaban J connectivity index is 0.000000279. The van der Waals surface area contributed by atoms with Gasteiger partial charge in [0.25, 0.3) is 0 Å². The number of carboxylic acid groups (broad SMARTS) is 1. The van der Waals surface area contributed by atoms with Crippen molar-refractivity contribution in [2.24, 2.45) is 0 Å². The number of halogens is 20. The molecule has 1 heterocycles. The lowest BCUT2D eigenvalue weighted by atomic mass is 9.12. The first-order chi connectivity index (χ1) is 31.4. The second-order valence-corrected chi connectivity index (χ2v) is 13.9. The van der Waals surface area contributed by atoms with Gasteiger partial charge in [0, 0.05) is 11.6 Å².